The predicted octanol–water partition coefficient (Wildman–Crippen LogP) is 2.26. The van der Waals surface area contributed by atoms with E-state index in [2.05, 4.69) is 15.5 Å². The molecule has 3 amide bonds. The SMILES string of the molecule is CC(C)c1nc(Cc2ccc(NC(=O)CCN3C(=O)CCC3=O)cc2)no1. The topological polar surface area (TPSA) is 105 Å². The number of imide groups is 1. The standard InChI is InChI=1S/C19H22N4O4/c1-12(2)19-21-15(22-27-19)11-13-3-5-14(6-4-13)20-16(24)9-10-23-17(25)7-8-18(23)26/h3-6,12H,7-11H2,1-2H3,(H,20,24). The zero-order valence-electron chi connectivity index (χ0n) is 15.4. The van der Waals surface area contributed by atoms with Crippen molar-refractivity contribution < 1.29 is 18.9 Å². The number of hydrogen-bond donors (Lipinski definition) is 1. The minimum absolute atomic E-state index is 0.0834. The summed E-state index contributed by atoms with van der Waals surface area (Å²) in [6.45, 7) is 4.10. The Morgan fingerprint density at radius 1 is 1.19 bits per heavy atom. The highest BCUT2D eigenvalue weighted by atomic mass is 16.5. The fraction of sp³-hybridized carbons (Fsp3) is 0.421. The van der Waals surface area contributed by atoms with Crippen molar-refractivity contribution in [2.45, 2.75) is 45.4 Å². The molecule has 0 spiro atoms. The molecule has 0 saturated carbocycles. The van der Waals surface area contributed by atoms with Crippen LogP contribution < -0.4 is 5.32 Å². The summed E-state index contributed by atoms with van der Waals surface area (Å²) >= 11 is 0. The van der Waals surface area contributed by atoms with Crippen LogP contribution in [0.3, 0.4) is 0 Å². The summed E-state index contributed by atoms with van der Waals surface area (Å²) in [5.74, 6) is 0.766. The van der Waals surface area contributed by atoms with Crippen LogP contribution in [0.2, 0.25) is 0 Å². The number of anilines is 1. The van der Waals surface area contributed by atoms with Crippen molar-refractivity contribution in [1.82, 2.24) is 15.0 Å². The highest BCUT2D eigenvalue weighted by Crippen LogP contribution is 2.16. The maximum atomic E-state index is 12.0. The number of aromatic nitrogens is 2. The number of hydrogen-bond acceptors (Lipinski definition) is 6. The third-order valence-electron chi connectivity index (χ3n) is 4.29. The number of rotatable bonds is 7. The lowest BCUT2D eigenvalue weighted by molar-refractivity contribution is -0.138. The van der Waals surface area contributed by atoms with Crippen molar-refractivity contribution in [3.63, 3.8) is 0 Å². The highest BCUT2D eigenvalue weighted by Gasteiger charge is 2.28. The summed E-state index contributed by atoms with van der Waals surface area (Å²) in [4.78, 5) is 40.6. The van der Waals surface area contributed by atoms with Gasteiger partial charge in [0, 0.05) is 43.8 Å². The fourth-order valence-electron chi connectivity index (χ4n) is 2.77. The molecule has 1 fully saturated rings. The van der Waals surface area contributed by atoms with Gasteiger partial charge in [-0.1, -0.05) is 31.1 Å². The van der Waals surface area contributed by atoms with E-state index in [0.717, 1.165) is 10.5 Å². The van der Waals surface area contributed by atoms with Gasteiger partial charge in [-0.25, -0.2) is 0 Å². The van der Waals surface area contributed by atoms with E-state index in [1.165, 1.54) is 0 Å². The van der Waals surface area contributed by atoms with Crippen LogP contribution in [-0.2, 0) is 20.8 Å². The molecule has 1 saturated heterocycles. The maximum absolute atomic E-state index is 12.0. The van der Waals surface area contributed by atoms with Crippen molar-refractivity contribution in [2.75, 3.05) is 11.9 Å². The molecule has 0 bridgehead atoms. The Kier molecular flexibility index (Phi) is 5.63. The van der Waals surface area contributed by atoms with E-state index in [1.54, 1.807) is 12.1 Å². The number of carbonyl (C=O) groups excluding carboxylic acids is 3. The van der Waals surface area contributed by atoms with E-state index >= 15 is 0 Å². The van der Waals surface area contributed by atoms with E-state index in [1.807, 2.05) is 26.0 Å². The Morgan fingerprint density at radius 2 is 1.85 bits per heavy atom. The first-order chi connectivity index (χ1) is 12.9. The Hall–Kier alpha value is -3.03. The molecule has 0 radical (unpaired) electrons. The fourth-order valence-corrected chi connectivity index (χ4v) is 2.77. The average Bonchev–Trinajstić information content (AvgIpc) is 3.22. The van der Waals surface area contributed by atoms with E-state index < -0.39 is 0 Å². The molecule has 1 aliphatic heterocycles. The molecule has 1 aromatic carbocycles. The molecule has 1 N–H and O–H groups in total. The normalized spacial score (nSPS) is 14.3. The zero-order chi connectivity index (χ0) is 19.4. The number of likely N-dealkylation sites (tertiary alicyclic amines) is 1. The van der Waals surface area contributed by atoms with Crippen molar-refractivity contribution in [3.05, 3.63) is 41.5 Å². The first kappa shape index (κ1) is 18.8. The van der Waals surface area contributed by atoms with Gasteiger partial charge in [0.2, 0.25) is 23.6 Å². The molecule has 0 atom stereocenters. The largest absolute Gasteiger partial charge is 0.339 e. The summed E-state index contributed by atoms with van der Waals surface area (Å²) in [7, 11) is 0. The van der Waals surface area contributed by atoms with Gasteiger partial charge in [-0.05, 0) is 17.7 Å². The second-order valence-electron chi connectivity index (χ2n) is 6.81. The van der Waals surface area contributed by atoms with Crippen molar-refractivity contribution in [2.24, 2.45) is 0 Å². The molecule has 2 heterocycles. The van der Waals surface area contributed by atoms with Crippen LogP contribution in [0, 0.1) is 0 Å². The summed E-state index contributed by atoms with van der Waals surface area (Å²) in [5, 5.41) is 6.73. The Labute approximate surface area is 156 Å². The molecule has 1 aliphatic rings. The Balaban J connectivity index is 1.50. The summed E-state index contributed by atoms with van der Waals surface area (Å²) < 4.78 is 5.19. The highest BCUT2D eigenvalue weighted by molar-refractivity contribution is 6.02. The number of amides is 3. The van der Waals surface area contributed by atoms with Gasteiger partial charge < -0.3 is 9.84 Å². The van der Waals surface area contributed by atoms with Gasteiger partial charge in [-0.3, -0.25) is 19.3 Å². The van der Waals surface area contributed by atoms with Crippen LogP contribution in [-0.4, -0.2) is 39.3 Å². The molecule has 0 aliphatic carbocycles. The summed E-state index contributed by atoms with van der Waals surface area (Å²) in [6.07, 6.45) is 1.10. The van der Waals surface area contributed by atoms with Gasteiger partial charge in [0.1, 0.15) is 0 Å². The summed E-state index contributed by atoms with van der Waals surface area (Å²) in [5.41, 5.74) is 1.65. The van der Waals surface area contributed by atoms with Crippen LogP contribution in [0.15, 0.2) is 28.8 Å². The van der Waals surface area contributed by atoms with Crippen LogP contribution in [0.25, 0.3) is 0 Å². The third-order valence-corrected chi connectivity index (χ3v) is 4.29. The second-order valence-corrected chi connectivity index (χ2v) is 6.81. The number of nitrogens with zero attached hydrogens (tertiary/aromatic N) is 3. The smallest absolute Gasteiger partial charge is 0.229 e. The Bertz CT molecular complexity index is 826. The van der Waals surface area contributed by atoms with Crippen LogP contribution in [0.5, 0.6) is 0 Å². The molecule has 8 nitrogen and oxygen atoms in total. The number of benzene rings is 1. The Morgan fingerprint density at radius 3 is 2.44 bits per heavy atom. The van der Waals surface area contributed by atoms with Gasteiger partial charge >= 0.3 is 0 Å². The lowest BCUT2D eigenvalue weighted by atomic mass is 10.1. The molecule has 0 unspecified atom stereocenters. The third kappa shape index (κ3) is 4.78. The van der Waals surface area contributed by atoms with E-state index in [9.17, 15) is 14.4 Å². The monoisotopic (exact) mass is 370 g/mol. The van der Waals surface area contributed by atoms with E-state index in [0.29, 0.717) is 23.8 Å². The van der Waals surface area contributed by atoms with Gasteiger partial charge in [0.15, 0.2) is 5.82 Å². The molecule has 27 heavy (non-hydrogen) atoms. The van der Waals surface area contributed by atoms with Crippen LogP contribution in [0.1, 0.15) is 56.3 Å². The van der Waals surface area contributed by atoms with Crippen LogP contribution >= 0.6 is 0 Å². The zero-order valence-corrected chi connectivity index (χ0v) is 15.4. The minimum atomic E-state index is -0.241. The average molecular weight is 370 g/mol. The molecule has 3 rings (SSSR count). The van der Waals surface area contributed by atoms with Crippen molar-refractivity contribution >= 4 is 23.4 Å². The molecule has 2 aromatic rings. The molecule has 1 aromatic heterocycles. The van der Waals surface area contributed by atoms with Crippen molar-refractivity contribution in [3.8, 4) is 0 Å². The first-order valence-electron chi connectivity index (χ1n) is 8.97. The van der Waals surface area contributed by atoms with Gasteiger partial charge in [0.25, 0.3) is 0 Å². The lowest BCUT2D eigenvalue weighted by Crippen LogP contribution is -2.32. The molecule has 142 valence electrons. The summed E-state index contributed by atoms with van der Waals surface area (Å²) in [6, 6.07) is 7.36. The molecule has 8 heteroatoms. The predicted molar refractivity (Wildman–Crippen MR) is 96.8 cm³/mol. The van der Waals surface area contributed by atoms with Gasteiger partial charge in [0.05, 0.1) is 0 Å². The molecular formula is C19H22N4O4. The second kappa shape index (κ2) is 8.11. The molecular weight excluding hydrogens is 348 g/mol. The maximum Gasteiger partial charge on any atom is 0.229 e. The van der Waals surface area contributed by atoms with Gasteiger partial charge in [-0.2, -0.15) is 4.98 Å². The van der Waals surface area contributed by atoms with Gasteiger partial charge in [-0.15, -0.1) is 0 Å². The van der Waals surface area contributed by atoms with Crippen molar-refractivity contribution in [1.29, 1.82) is 0 Å². The van der Waals surface area contributed by atoms with E-state index in [-0.39, 0.29) is 49.4 Å². The van der Waals surface area contributed by atoms with E-state index in [4.69, 9.17) is 4.52 Å². The number of carbonyl (C=O) groups is 3. The van der Waals surface area contributed by atoms with Crippen LogP contribution in [0.4, 0.5) is 5.69 Å². The number of nitrogens with one attached hydrogen (secondary N) is 1. The lowest BCUT2D eigenvalue weighted by Gasteiger charge is -2.13. The minimum Gasteiger partial charge on any atom is -0.339 e. The first-order valence-corrected chi connectivity index (χ1v) is 8.97. The quantitative estimate of drug-likeness (QED) is 0.750.